The molecule has 0 radical (unpaired) electrons. The van der Waals surface area contributed by atoms with E-state index in [-0.39, 0.29) is 68.4 Å². The summed E-state index contributed by atoms with van der Waals surface area (Å²) < 4.78 is 32.9. The Kier molecular flexibility index (Phi) is 15.5. The van der Waals surface area contributed by atoms with E-state index >= 15 is 0 Å². The van der Waals surface area contributed by atoms with Crippen LogP contribution in [0.2, 0.25) is 0 Å². The maximum absolute atomic E-state index is 13.6. The van der Waals surface area contributed by atoms with Gasteiger partial charge in [0.15, 0.2) is 6.73 Å². The van der Waals surface area contributed by atoms with Crippen molar-refractivity contribution in [3.63, 3.8) is 0 Å². The van der Waals surface area contributed by atoms with E-state index < -0.39 is 15.4 Å². The van der Waals surface area contributed by atoms with Gasteiger partial charge in [-0.15, -0.1) is 0 Å². The van der Waals surface area contributed by atoms with Crippen LogP contribution in [0, 0.1) is 11.8 Å². The third-order valence-corrected chi connectivity index (χ3v) is 10.8. The smallest absolute Gasteiger partial charge is 0.272 e. The monoisotopic (exact) mass is 611 g/mol. The first-order chi connectivity index (χ1) is 19.8. The normalized spacial score (nSPS) is 17.5. The summed E-state index contributed by atoms with van der Waals surface area (Å²) in [4.78, 5) is 34.7. The highest BCUT2D eigenvalue weighted by molar-refractivity contribution is 7.87. The number of amides is 2. The number of nitrogens with zero attached hydrogens (tertiary/aromatic N) is 3. The van der Waals surface area contributed by atoms with E-state index in [0.29, 0.717) is 11.8 Å². The summed E-state index contributed by atoms with van der Waals surface area (Å²) in [6.07, 6.45) is 12.2. The van der Waals surface area contributed by atoms with Crippen LogP contribution in [0.1, 0.15) is 145 Å². The Bertz CT molecular complexity index is 892. The molecule has 0 heterocycles. The van der Waals surface area contributed by atoms with Crippen molar-refractivity contribution in [3.8, 4) is 0 Å². The second kappa shape index (κ2) is 17.7. The summed E-state index contributed by atoms with van der Waals surface area (Å²) in [5.74, 6) is 0.699. The summed E-state index contributed by atoms with van der Waals surface area (Å²) in [6.45, 7) is 15.5. The Balaban J connectivity index is 2.21. The maximum Gasteiger partial charge on any atom is 0.272 e. The molecule has 0 aromatic rings. The molecule has 42 heavy (non-hydrogen) atoms. The zero-order valence-electron chi connectivity index (χ0n) is 27.9. The van der Waals surface area contributed by atoms with E-state index in [1.165, 1.54) is 44.2 Å². The van der Waals surface area contributed by atoms with Crippen LogP contribution in [-0.2, 0) is 23.9 Å². The minimum atomic E-state index is -4.05. The molecule has 0 bridgehead atoms. The fraction of sp³-hybridized carbons (Fsp3) is 0.909. The highest BCUT2D eigenvalue weighted by Gasteiger charge is 2.32. The number of hydrogen-bond donors (Lipinski definition) is 0. The summed E-state index contributed by atoms with van der Waals surface area (Å²) in [7, 11) is -4.05. The lowest BCUT2D eigenvalue weighted by molar-refractivity contribution is -0.135. The molecule has 0 N–H and O–H groups in total. The fourth-order valence-electron chi connectivity index (χ4n) is 7.26. The predicted octanol–water partition coefficient (Wildman–Crippen LogP) is 7.11. The van der Waals surface area contributed by atoms with E-state index in [2.05, 4.69) is 0 Å². The molecule has 0 unspecified atom stereocenters. The lowest BCUT2D eigenvalue weighted by Crippen LogP contribution is -2.43. The third kappa shape index (κ3) is 11.2. The van der Waals surface area contributed by atoms with Gasteiger partial charge < -0.3 is 9.80 Å². The maximum atomic E-state index is 13.6. The Labute approximate surface area is 257 Å². The first-order valence-corrected chi connectivity index (χ1v) is 18.3. The Hall–Kier alpha value is -1.48. The van der Waals surface area contributed by atoms with Gasteiger partial charge in [0.05, 0.1) is 5.25 Å². The van der Waals surface area contributed by atoms with Crippen molar-refractivity contribution in [2.75, 3.05) is 6.73 Å². The van der Waals surface area contributed by atoms with Crippen molar-refractivity contribution in [1.29, 1.82) is 0 Å². The largest absolute Gasteiger partial charge is 0.338 e. The number of hydrogen-bond acceptors (Lipinski definition) is 6. The van der Waals surface area contributed by atoms with Crippen molar-refractivity contribution >= 4 is 27.6 Å². The van der Waals surface area contributed by atoms with Crippen LogP contribution in [0.5, 0.6) is 0 Å². The molecule has 2 aliphatic carbocycles. The van der Waals surface area contributed by atoms with E-state index in [1.54, 1.807) is 9.80 Å². The molecule has 0 aromatic carbocycles. The van der Waals surface area contributed by atoms with Crippen molar-refractivity contribution in [1.82, 2.24) is 9.80 Å². The molecule has 244 valence electrons. The third-order valence-electron chi connectivity index (χ3n) is 9.08. The van der Waals surface area contributed by atoms with Crippen molar-refractivity contribution in [2.45, 2.75) is 175 Å². The molecule has 2 fully saturated rings. The van der Waals surface area contributed by atoms with Crippen LogP contribution in [0.25, 0.3) is 0 Å². The fourth-order valence-corrected chi connectivity index (χ4v) is 8.47. The minimum Gasteiger partial charge on any atom is -0.338 e. The lowest BCUT2D eigenvalue weighted by Gasteiger charge is -2.32. The van der Waals surface area contributed by atoms with Gasteiger partial charge in [-0.3, -0.25) is 14.6 Å². The molecule has 2 rings (SSSR count). The zero-order valence-corrected chi connectivity index (χ0v) is 28.8. The highest BCUT2D eigenvalue weighted by Crippen LogP contribution is 2.34. The Morgan fingerprint density at radius 2 is 1.02 bits per heavy atom. The standard InChI is InChI=1S/C33H61N3O5S/c1-24(2)35(25(3)4)31(37)21-19-30(20-22-32(38)36(26(5)6)27(7)8)42(39,40)41-23-34-33(28-15-11-9-12-16-28)29-17-13-10-14-18-29/h24-30H,9-23H2,1-8H3. The minimum absolute atomic E-state index is 0.0170. The van der Waals surface area contributed by atoms with E-state index in [0.717, 1.165) is 25.7 Å². The number of aliphatic imine (C=N–C) groups is 1. The van der Waals surface area contributed by atoms with E-state index in [9.17, 15) is 18.0 Å². The van der Waals surface area contributed by atoms with Crippen LogP contribution >= 0.6 is 0 Å². The van der Waals surface area contributed by atoms with Crippen LogP contribution < -0.4 is 0 Å². The molecule has 0 aromatic heterocycles. The second-order valence-electron chi connectivity index (χ2n) is 13.7. The first kappa shape index (κ1) is 36.7. The van der Waals surface area contributed by atoms with Crippen LogP contribution in [0.15, 0.2) is 4.99 Å². The second-order valence-corrected chi connectivity index (χ2v) is 15.6. The van der Waals surface area contributed by atoms with Gasteiger partial charge in [0.25, 0.3) is 10.1 Å². The predicted molar refractivity (Wildman–Crippen MR) is 172 cm³/mol. The molecular weight excluding hydrogens is 550 g/mol. The van der Waals surface area contributed by atoms with Crippen LogP contribution in [0.3, 0.4) is 0 Å². The van der Waals surface area contributed by atoms with Crippen molar-refractivity contribution < 1.29 is 22.2 Å². The molecular formula is C33H61N3O5S. The molecule has 0 saturated heterocycles. The van der Waals surface area contributed by atoms with Crippen molar-refractivity contribution in [3.05, 3.63) is 0 Å². The summed E-state index contributed by atoms with van der Waals surface area (Å²) in [5.41, 5.74) is 1.17. The van der Waals surface area contributed by atoms with E-state index in [1.807, 2.05) is 55.4 Å². The zero-order chi connectivity index (χ0) is 31.4. The highest BCUT2D eigenvalue weighted by atomic mass is 32.2. The average Bonchev–Trinajstić information content (AvgIpc) is 2.91. The molecule has 0 aliphatic heterocycles. The topological polar surface area (TPSA) is 96.4 Å². The summed E-state index contributed by atoms with van der Waals surface area (Å²) in [6, 6.07) is 0.0680. The van der Waals surface area contributed by atoms with Gasteiger partial charge in [0.2, 0.25) is 11.8 Å². The SMILES string of the molecule is CC(C)N(C(=O)CCC(CCC(=O)N(C(C)C)C(C)C)S(=O)(=O)OCN=C(C1CCCCC1)C1CCCCC1)C(C)C. The first-order valence-electron chi connectivity index (χ1n) is 16.8. The molecule has 2 amide bonds. The van der Waals surface area contributed by atoms with Gasteiger partial charge in [0.1, 0.15) is 0 Å². The van der Waals surface area contributed by atoms with Crippen LogP contribution in [0.4, 0.5) is 0 Å². The lowest BCUT2D eigenvalue weighted by atomic mass is 9.76. The Morgan fingerprint density at radius 1 is 0.667 bits per heavy atom. The molecule has 2 saturated carbocycles. The molecule has 9 heteroatoms. The van der Waals surface area contributed by atoms with Gasteiger partial charge >= 0.3 is 0 Å². The van der Waals surface area contributed by atoms with Gasteiger partial charge in [-0.05, 0) is 106 Å². The summed E-state index contributed by atoms with van der Waals surface area (Å²) >= 11 is 0. The van der Waals surface area contributed by atoms with Crippen molar-refractivity contribution in [2.24, 2.45) is 16.8 Å². The summed E-state index contributed by atoms with van der Waals surface area (Å²) in [5, 5.41) is -0.948. The average molecular weight is 612 g/mol. The van der Waals surface area contributed by atoms with E-state index in [4.69, 9.17) is 9.18 Å². The van der Waals surface area contributed by atoms with Crippen LogP contribution in [-0.4, -0.2) is 71.9 Å². The van der Waals surface area contributed by atoms with Gasteiger partial charge in [0, 0.05) is 42.7 Å². The van der Waals surface area contributed by atoms with Gasteiger partial charge in [-0.25, -0.2) is 4.18 Å². The Morgan fingerprint density at radius 3 is 1.36 bits per heavy atom. The molecule has 0 atom stereocenters. The molecule has 8 nitrogen and oxygen atoms in total. The number of carbonyl (C=O) groups is 2. The number of carbonyl (C=O) groups excluding carboxylic acids is 2. The molecule has 2 aliphatic rings. The number of rotatable bonds is 16. The van der Waals surface area contributed by atoms with Gasteiger partial charge in [-0.1, -0.05) is 38.5 Å². The van der Waals surface area contributed by atoms with Gasteiger partial charge in [-0.2, -0.15) is 8.42 Å². The molecule has 0 spiro atoms. The quantitative estimate of drug-likeness (QED) is 0.137.